The standard InChI is InChI=1S/C31H35N3O2/c35-31(36)21-13-14-25-27(17-21)34-16-6-15-33-19-22(18-32-23-9-4-10-23)24-11-5-12-26(29(24)33)30(34)28(25)20-7-2-1-3-8-20/h5,11-14,17,19-20,23,32H,1-4,6-10,15-16,18H2,(H,35,36). The highest BCUT2D eigenvalue weighted by Gasteiger charge is 2.29. The molecule has 0 saturated heterocycles. The van der Waals surface area contributed by atoms with Crippen molar-refractivity contribution in [1.29, 1.82) is 0 Å². The largest absolute Gasteiger partial charge is 0.478 e. The van der Waals surface area contributed by atoms with Crippen LogP contribution in [0.3, 0.4) is 0 Å². The minimum Gasteiger partial charge on any atom is -0.478 e. The van der Waals surface area contributed by atoms with Gasteiger partial charge in [-0.3, -0.25) is 0 Å². The number of aryl methyl sites for hydroxylation is 2. The lowest BCUT2D eigenvalue weighted by Gasteiger charge is -2.26. The third-order valence-corrected chi connectivity index (χ3v) is 9.07. The molecule has 7 rings (SSSR count). The van der Waals surface area contributed by atoms with Crippen molar-refractivity contribution >= 4 is 27.8 Å². The highest BCUT2D eigenvalue weighted by molar-refractivity contribution is 6.03. The van der Waals surface area contributed by atoms with Crippen molar-refractivity contribution in [2.24, 2.45) is 0 Å². The van der Waals surface area contributed by atoms with Crippen LogP contribution in [0.2, 0.25) is 0 Å². The van der Waals surface area contributed by atoms with Gasteiger partial charge in [-0.05, 0) is 61.3 Å². The fourth-order valence-electron chi connectivity index (χ4n) is 7.04. The van der Waals surface area contributed by atoms with E-state index in [9.17, 15) is 9.90 Å². The van der Waals surface area contributed by atoms with Gasteiger partial charge < -0.3 is 19.6 Å². The van der Waals surface area contributed by atoms with E-state index in [1.54, 1.807) is 6.07 Å². The Morgan fingerprint density at radius 1 is 0.944 bits per heavy atom. The first kappa shape index (κ1) is 22.2. The van der Waals surface area contributed by atoms with Gasteiger partial charge >= 0.3 is 5.97 Å². The lowest BCUT2D eigenvalue weighted by molar-refractivity contribution is 0.0697. The summed E-state index contributed by atoms with van der Waals surface area (Å²) in [5.41, 5.74) is 8.33. The maximum Gasteiger partial charge on any atom is 0.335 e. The molecule has 0 radical (unpaired) electrons. The highest BCUT2D eigenvalue weighted by atomic mass is 16.4. The molecule has 36 heavy (non-hydrogen) atoms. The number of aromatic nitrogens is 2. The summed E-state index contributed by atoms with van der Waals surface area (Å²) in [6, 6.07) is 13.3. The van der Waals surface area contributed by atoms with Crippen LogP contribution >= 0.6 is 0 Å². The van der Waals surface area contributed by atoms with Crippen LogP contribution in [0.4, 0.5) is 0 Å². The van der Waals surface area contributed by atoms with E-state index in [4.69, 9.17) is 0 Å². The van der Waals surface area contributed by atoms with Crippen LogP contribution in [-0.2, 0) is 19.6 Å². The zero-order valence-corrected chi connectivity index (χ0v) is 20.9. The molecule has 0 amide bonds. The molecule has 0 spiro atoms. The van der Waals surface area contributed by atoms with Gasteiger partial charge in [0.15, 0.2) is 0 Å². The van der Waals surface area contributed by atoms with Crippen molar-refractivity contribution in [2.75, 3.05) is 0 Å². The number of hydrogen-bond acceptors (Lipinski definition) is 2. The molecule has 5 heteroatoms. The van der Waals surface area contributed by atoms with E-state index in [1.807, 2.05) is 6.07 Å². The van der Waals surface area contributed by atoms with Gasteiger partial charge in [0, 0.05) is 53.7 Å². The lowest BCUT2D eigenvalue weighted by atomic mass is 9.81. The van der Waals surface area contributed by atoms with Crippen LogP contribution in [0.5, 0.6) is 0 Å². The van der Waals surface area contributed by atoms with E-state index in [-0.39, 0.29) is 0 Å². The van der Waals surface area contributed by atoms with Crippen LogP contribution < -0.4 is 5.32 Å². The van der Waals surface area contributed by atoms with Gasteiger partial charge in [0.25, 0.3) is 0 Å². The Kier molecular flexibility index (Phi) is 5.42. The molecule has 0 bridgehead atoms. The Bertz CT molecular complexity index is 1470. The second-order valence-electron chi connectivity index (χ2n) is 11.2. The molecule has 4 aromatic rings. The van der Waals surface area contributed by atoms with Crippen molar-refractivity contribution in [1.82, 2.24) is 14.5 Å². The first-order chi connectivity index (χ1) is 17.7. The molecule has 2 aliphatic carbocycles. The van der Waals surface area contributed by atoms with Gasteiger partial charge in [0.1, 0.15) is 0 Å². The average Bonchev–Trinajstić information content (AvgIpc) is 3.37. The molecule has 0 atom stereocenters. The molecular formula is C31H35N3O2. The number of rotatable bonds is 5. The third-order valence-electron chi connectivity index (χ3n) is 9.07. The fourth-order valence-corrected chi connectivity index (χ4v) is 7.04. The van der Waals surface area contributed by atoms with Gasteiger partial charge in [-0.2, -0.15) is 0 Å². The van der Waals surface area contributed by atoms with Crippen molar-refractivity contribution in [3.63, 3.8) is 0 Å². The van der Waals surface area contributed by atoms with Crippen LogP contribution in [0.25, 0.3) is 33.1 Å². The molecule has 5 nitrogen and oxygen atoms in total. The van der Waals surface area contributed by atoms with Crippen molar-refractivity contribution < 1.29 is 9.90 Å². The van der Waals surface area contributed by atoms with E-state index in [2.05, 4.69) is 44.9 Å². The smallest absolute Gasteiger partial charge is 0.335 e. The normalized spacial score (nSPS) is 18.7. The van der Waals surface area contributed by atoms with E-state index in [1.165, 1.54) is 90.0 Å². The SMILES string of the molecule is O=C(O)c1ccc2c(C3CCCCC3)c3n(c2c1)CCCn1cc(CNC2CCC2)c2cccc-3c21. The molecule has 2 aromatic heterocycles. The summed E-state index contributed by atoms with van der Waals surface area (Å²) >= 11 is 0. The lowest BCUT2D eigenvalue weighted by Crippen LogP contribution is -2.34. The monoisotopic (exact) mass is 481 g/mol. The summed E-state index contributed by atoms with van der Waals surface area (Å²) in [7, 11) is 0. The van der Waals surface area contributed by atoms with Crippen LogP contribution in [0.15, 0.2) is 42.6 Å². The molecule has 1 aliphatic heterocycles. The summed E-state index contributed by atoms with van der Waals surface area (Å²) < 4.78 is 4.96. The number of carboxylic acid groups (broad SMARTS) is 1. The fraction of sp³-hybridized carbons (Fsp3) is 0.452. The molecule has 3 heterocycles. The molecule has 2 saturated carbocycles. The molecule has 0 unspecified atom stereocenters. The zero-order valence-electron chi connectivity index (χ0n) is 20.9. The number of para-hydroxylation sites is 1. The molecule has 2 N–H and O–H groups in total. The number of hydrogen-bond donors (Lipinski definition) is 2. The second-order valence-corrected chi connectivity index (χ2v) is 11.2. The minimum atomic E-state index is -0.850. The number of carboxylic acids is 1. The molecule has 3 aliphatic rings. The maximum absolute atomic E-state index is 11.9. The summed E-state index contributed by atoms with van der Waals surface area (Å²) in [6.07, 6.45) is 13.7. The van der Waals surface area contributed by atoms with Gasteiger partial charge in [0.2, 0.25) is 0 Å². The predicted octanol–water partition coefficient (Wildman–Crippen LogP) is 7.05. The van der Waals surface area contributed by atoms with Crippen LogP contribution in [0, 0.1) is 0 Å². The second kappa shape index (κ2) is 8.81. The number of carbonyl (C=O) groups is 1. The van der Waals surface area contributed by atoms with Gasteiger partial charge in [-0.25, -0.2) is 4.79 Å². The van der Waals surface area contributed by atoms with Crippen LogP contribution in [-0.4, -0.2) is 26.3 Å². The van der Waals surface area contributed by atoms with Gasteiger partial charge in [-0.1, -0.05) is 49.9 Å². The summed E-state index contributed by atoms with van der Waals surface area (Å²) in [6.45, 7) is 2.82. The maximum atomic E-state index is 11.9. The number of aromatic carboxylic acids is 1. The number of nitrogens with zero attached hydrogens (tertiary/aromatic N) is 2. The summed E-state index contributed by atoms with van der Waals surface area (Å²) in [5.74, 6) is -0.317. The first-order valence-electron chi connectivity index (χ1n) is 13.9. The first-order valence-corrected chi connectivity index (χ1v) is 13.9. The van der Waals surface area contributed by atoms with E-state index < -0.39 is 5.97 Å². The van der Waals surface area contributed by atoms with Gasteiger partial charge in [0.05, 0.1) is 16.8 Å². The van der Waals surface area contributed by atoms with Crippen LogP contribution in [0.1, 0.15) is 85.2 Å². The Labute approximate surface area is 212 Å². The Morgan fingerprint density at radius 2 is 1.81 bits per heavy atom. The van der Waals surface area contributed by atoms with E-state index >= 15 is 0 Å². The molecular weight excluding hydrogens is 446 g/mol. The van der Waals surface area contributed by atoms with E-state index in [0.717, 1.165) is 31.6 Å². The molecule has 2 fully saturated rings. The van der Waals surface area contributed by atoms with Crippen molar-refractivity contribution in [3.8, 4) is 11.3 Å². The highest BCUT2D eigenvalue weighted by Crippen LogP contribution is 2.47. The quantitative estimate of drug-likeness (QED) is 0.321. The Morgan fingerprint density at radius 3 is 2.58 bits per heavy atom. The number of nitrogens with one attached hydrogen (secondary N) is 1. The Hall–Kier alpha value is -3.05. The summed E-state index contributed by atoms with van der Waals surface area (Å²) in [4.78, 5) is 11.9. The number of fused-ring (bicyclic) bond motifs is 4. The molecule has 2 aromatic carbocycles. The van der Waals surface area contributed by atoms with Crippen molar-refractivity contribution in [3.05, 3.63) is 59.3 Å². The van der Waals surface area contributed by atoms with E-state index in [0.29, 0.717) is 17.5 Å². The molecule has 186 valence electrons. The zero-order chi connectivity index (χ0) is 24.2. The minimum absolute atomic E-state index is 0.381. The van der Waals surface area contributed by atoms with Crippen molar-refractivity contribution in [2.45, 2.75) is 89.4 Å². The average molecular weight is 482 g/mol. The Balaban J connectivity index is 1.47. The van der Waals surface area contributed by atoms with Gasteiger partial charge in [-0.15, -0.1) is 0 Å². The topological polar surface area (TPSA) is 59.2 Å². The third kappa shape index (κ3) is 3.51. The summed E-state index contributed by atoms with van der Waals surface area (Å²) in [5, 5.41) is 16.2. The predicted molar refractivity (Wildman–Crippen MR) is 145 cm³/mol. The number of benzene rings is 2.